The zero-order valence-corrected chi connectivity index (χ0v) is 26.0. The second-order valence-electron chi connectivity index (χ2n) is 10.6. The van der Waals surface area contributed by atoms with Crippen molar-refractivity contribution >= 4 is 48.7 Å². The highest BCUT2D eigenvalue weighted by molar-refractivity contribution is 7.89. The maximum Gasteiger partial charge on any atom is 0.409 e. The fraction of sp³-hybridized carbons (Fsp3) is 0.483. The van der Waals surface area contributed by atoms with Crippen LogP contribution < -0.4 is 10.2 Å². The molecule has 42 heavy (non-hydrogen) atoms. The molecule has 1 N–H and O–H groups in total. The maximum absolute atomic E-state index is 13.1. The summed E-state index contributed by atoms with van der Waals surface area (Å²) >= 11 is 1.76. The number of rotatable bonds is 8. The Morgan fingerprint density at radius 3 is 2.24 bits per heavy atom. The van der Waals surface area contributed by atoms with Crippen LogP contribution in [0.3, 0.4) is 0 Å². The Morgan fingerprint density at radius 1 is 0.929 bits per heavy atom. The summed E-state index contributed by atoms with van der Waals surface area (Å²) in [4.78, 5) is 35.8. The number of anilines is 1. The summed E-state index contributed by atoms with van der Waals surface area (Å²) in [5.41, 5.74) is 3.97. The minimum Gasteiger partial charge on any atom is -0.450 e. The van der Waals surface area contributed by atoms with Crippen LogP contribution in [0.1, 0.15) is 28.4 Å². The zero-order chi connectivity index (χ0) is 29.9. The molecular weight excluding hydrogens is 576 g/mol. The Balaban J connectivity index is 1.07. The fourth-order valence-electron chi connectivity index (χ4n) is 5.23. The van der Waals surface area contributed by atoms with E-state index in [1.54, 1.807) is 18.3 Å². The number of thiazole rings is 1. The topological polar surface area (TPSA) is 115 Å². The molecule has 2 fully saturated rings. The smallest absolute Gasteiger partial charge is 0.409 e. The molecule has 2 aliphatic rings. The molecule has 5 rings (SSSR count). The Morgan fingerprint density at radius 2 is 1.60 bits per heavy atom. The third-order valence-corrected chi connectivity index (χ3v) is 11.0. The summed E-state index contributed by atoms with van der Waals surface area (Å²) in [7, 11) is -3.73. The van der Waals surface area contributed by atoms with Crippen molar-refractivity contribution in [2.75, 3.05) is 77.0 Å². The molecule has 2 saturated heterocycles. The molecule has 2 amide bonds. The molecule has 0 unspecified atom stereocenters. The van der Waals surface area contributed by atoms with Crippen LogP contribution in [0.5, 0.6) is 0 Å². The molecule has 226 valence electrons. The first-order valence-corrected chi connectivity index (χ1v) is 16.6. The van der Waals surface area contributed by atoms with Crippen molar-refractivity contribution in [2.45, 2.75) is 25.7 Å². The second kappa shape index (κ2) is 12.9. The van der Waals surface area contributed by atoms with Crippen LogP contribution in [0.2, 0.25) is 0 Å². The molecule has 1 aromatic heterocycles. The molecule has 0 saturated carbocycles. The molecule has 0 radical (unpaired) electrons. The van der Waals surface area contributed by atoms with Gasteiger partial charge in [0.25, 0.3) is 5.91 Å². The number of fused-ring (bicyclic) bond motifs is 1. The molecule has 3 heterocycles. The SMILES string of the molecule is CCOC(=O)N1CCN(S(=O)(=O)c2ccc(C(=O)NCCN3CCN(c4nc5c(C)ccc(C)c5s4)CC3)cc2)CC1. The van der Waals surface area contributed by atoms with E-state index in [1.165, 1.54) is 49.3 Å². The first-order chi connectivity index (χ1) is 20.2. The predicted octanol–water partition coefficient (Wildman–Crippen LogP) is 2.93. The Labute approximate surface area is 251 Å². The summed E-state index contributed by atoms with van der Waals surface area (Å²) in [6.07, 6.45) is -0.429. The third-order valence-electron chi connectivity index (χ3n) is 7.81. The lowest BCUT2D eigenvalue weighted by molar-refractivity contribution is 0.0932. The number of benzene rings is 2. The van der Waals surface area contributed by atoms with Gasteiger partial charge in [-0.3, -0.25) is 9.69 Å². The van der Waals surface area contributed by atoms with Gasteiger partial charge in [0.2, 0.25) is 10.0 Å². The van der Waals surface area contributed by atoms with Crippen molar-refractivity contribution in [1.82, 2.24) is 24.4 Å². The van der Waals surface area contributed by atoms with Crippen LogP contribution in [0.15, 0.2) is 41.3 Å². The molecule has 0 aliphatic carbocycles. The first-order valence-electron chi connectivity index (χ1n) is 14.3. The van der Waals surface area contributed by atoms with E-state index in [0.717, 1.165) is 43.4 Å². The number of aromatic nitrogens is 1. The number of ether oxygens (including phenoxy) is 1. The minimum absolute atomic E-state index is 0.125. The molecular formula is C29H38N6O5S2. The van der Waals surface area contributed by atoms with Crippen LogP contribution in [0.25, 0.3) is 10.2 Å². The Hall–Kier alpha value is -3.26. The lowest BCUT2D eigenvalue weighted by Gasteiger charge is -2.34. The van der Waals surface area contributed by atoms with Gasteiger partial charge in [-0.25, -0.2) is 18.2 Å². The average Bonchev–Trinajstić information content (AvgIpc) is 3.47. The normalized spacial score (nSPS) is 17.0. The maximum atomic E-state index is 13.1. The number of amides is 2. The van der Waals surface area contributed by atoms with Crippen LogP contribution >= 0.6 is 11.3 Å². The molecule has 0 atom stereocenters. The lowest BCUT2D eigenvalue weighted by Crippen LogP contribution is -2.50. The Bertz CT molecular complexity index is 1490. The van der Waals surface area contributed by atoms with E-state index >= 15 is 0 Å². The average molecular weight is 615 g/mol. The van der Waals surface area contributed by atoms with E-state index < -0.39 is 16.1 Å². The van der Waals surface area contributed by atoms with Crippen molar-refractivity contribution < 1.29 is 22.7 Å². The Kier molecular flexibility index (Phi) is 9.31. The third kappa shape index (κ3) is 6.54. The number of piperazine rings is 2. The van der Waals surface area contributed by atoms with Crippen molar-refractivity contribution in [2.24, 2.45) is 0 Å². The van der Waals surface area contributed by atoms with Gasteiger partial charge in [-0.1, -0.05) is 23.5 Å². The summed E-state index contributed by atoms with van der Waals surface area (Å²) in [5, 5.41) is 4.02. The highest BCUT2D eigenvalue weighted by Gasteiger charge is 2.30. The number of nitrogens with zero attached hydrogens (tertiary/aromatic N) is 5. The molecule has 2 aromatic carbocycles. The molecule has 13 heteroatoms. The van der Waals surface area contributed by atoms with Crippen LogP contribution in [0, 0.1) is 13.8 Å². The standard InChI is InChI=1S/C29H38N6O5S2/c1-4-40-29(37)34-17-19-35(20-18-34)42(38,39)24-9-7-23(8-10-24)27(36)30-11-12-32-13-15-33(16-14-32)28-31-25-21(2)5-6-22(3)26(25)41-28/h5-10H,4,11-20H2,1-3H3,(H,30,36). The van der Waals surface area contributed by atoms with Gasteiger partial charge in [0.1, 0.15) is 0 Å². The van der Waals surface area contributed by atoms with E-state index in [1.807, 2.05) is 0 Å². The van der Waals surface area contributed by atoms with E-state index in [9.17, 15) is 18.0 Å². The summed E-state index contributed by atoms with van der Waals surface area (Å²) in [6.45, 7) is 12.0. The number of carbonyl (C=O) groups is 2. The zero-order valence-electron chi connectivity index (χ0n) is 24.3. The number of hydrogen-bond donors (Lipinski definition) is 1. The largest absolute Gasteiger partial charge is 0.450 e. The second-order valence-corrected chi connectivity index (χ2v) is 13.5. The van der Waals surface area contributed by atoms with Gasteiger partial charge in [0.15, 0.2) is 5.13 Å². The van der Waals surface area contributed by atoms with Crippen molar-refractivity contribution in [3.63, 3.8) is 0 Å². The van der Waals surface area contributed by atoms with Crippen LogP contribution in [-0.4, -0.2) is 112 Å². The van der Waals surface area contributed by atoms with E-state index in [4.69, 9.17) is 9.72 Å². The van der Waals surface area contributed by atoms with Crippen molar-refractivity contribution in [1.29, 1.82) is 0 Å². The van der Waals surface area contributed by atoms with Gasteiger partial charge < -0.3 is 19.9 Å². The fourth-order valence-corrected chi connectivity index (χ4v) is 7.81. The predicted molar refractivity (Wildman–Crippen MR) is 164 cm³/mol. The van der Waals surface area contributed by atoms with Gasteiger partial charge in [-0.2, -0.15) is 4.31 Å². The number of hydrogen-bond acceptors (Lipinski definition) is 9. The van der Waals surface area contributed by atoms with E-state index in [2.05, 4.69) is 41.1 Å². The number of nitrogens with one attached hydrogen (secondary N) is 1. The van der Waals surface area contributed by atoms with E-state index in [0.29, 0.717) is 12.1 Å². The van der Waals surface area contributed by atoms with Crippen molar-refractivity contribution in [3.8, 4) is 0 Å². The first kappa shape index (κ1) is 30.2. The van der Waals surface area contributed by atoms with Gasteiger partial charge in [0, 0.05) is 71.0 Å². The monoisotopic (exact) mass is 614 g/mol. The molecule has 2 aliphatic heterocycles. The van der Waals surface area contributed by atoms with Gasteiger partial charge in [0.05, 0.1) is 21.7 Å². The van der Waals surface area contributed by atoms with Gasteiger partial charge >= 0.3 is 6.09 Å². The number of aryl methyl sites for hydroxylation is 2. The molecule has 0 spiro atoms. The van der Waals surface area contributed by atoms with E-state index in [-0.39, 0.29) is 43.6 Å². The van der Waals surface area contributed by atoms with Crippen LogP contribution in [0.4, 0.5) is 9.93 Å². The molecule has 0 bridgehead atoms. The summed E-state index contributed by atoms with van der Waals surface area (Å²) in [5.74, 6) is -0.235. The highest BCUT2D eigenvalue weighted by Crippen LogP contribution is 2.33. The molecule has 3 aromatic rings. The van der Waals surface area contributed by atoms with Crippen LogP contribution in [-0.2, 0) is 14.8 Å². The summed E-state index contributed by atoms with van der Waals surface area (Å²) < 4.78 is 33.8. The highest BCUT2D eigenvalue weighted by atomic mass is 32.2. The quantitative estimate of drug-likeness (QED) is 0.412. The molecule has 11 nitrogen and oxygen atoms in total. The van der Waals surface area contributed by atoms with Gasteiger partial charge in [-0.05, 0) is 56.2 Å². The minimum atomic E-state index is -3.73. The number of carbonyl (C=O) groups excluding carboxylic acids is 2. The lowest BCUT2D eigenvalue weighted by atomic mass is 10.1. The van der Waals surface area contributed by atoms with Crippen molar-refractivity contribution in [3.05, 3.63) is 53.1 Å². The summed E-state index contributed by atoms with van der Waals surface area (Å²) in [6, 6.07) is 10.3. The van der Waals surface area contributed by atoms with Gasteiger partial charge in [-0.15, -0.1) is 0 Å². The number of sulfonamides is 1.